The summed E-state index contributed by atoms with van der Waals surface area (Å²) in [7, 11) is 0. The van der Waals surface area contributed by atoms with Gasteiger partial charge in [0.15, 0.2) is 0 Å². The van der Waals surface area contributed by atoms with E-state index in [0.29, 0.717) is 24.5 Å². The Morgan fingerprint density at radius 2 is 2.14 bits per heavy atom. The summed E-state index contributed by atoms with van der Waals surface area (Å²) in [4.78, 5) is 17.8. The van der Waals surface area contributed by atoms with Crippen LogP contribution in [0.4, 0.5) is 11.5 Å². The van der Waals surface area contributed by atoms with Gasteiger partial charge in [-0.3, -0.25) is 0 Å². The number of nitrogens with zero attached hydrogens (tertiary/aromatic N) is 2. The zero-order chi connectivity index (χ0) is 14.8. The molecule has 1 aromatic heterocycles. The summed E-state index contributed by atoms with van der Waals surface area (Å²) in [5, 5.41) is 9.50. The van der Waals surface area contributed by atoms with E-state index in [1.807, 2.05) is 29.2 Å². The van der Waals surface area contributed by atoms with E-state index in [9.17, 15) is 9.90 Å². The molecule has 0 spiro atoms. The highest BCUT2D eigenvalue weighted by Gasteiger charge is 2.24. The number of hydrogen-bond donors (Lipinski definition) is 1. The normalized spacial score (nSPS) is 14.0. The first-order valence-corrected chi connectivity index (χ1v) is 6.87. The third kappa shape index (κ3) is 2.42. The Labute approximate surface area is 122 Å². The lowest BCUT2D eigenvalue weighted by molar-refractivity contribution is 0.0696. The first-order chi connectivity index (χ1) is 10.2. The summed E-state index contributed by atoms with van der Waals surface area (Å²) in [5.41, 5.74) is 1.81. The molecule has 0 saturated heterocycles. The average molecular weight is 284 g/mol. The number of anilines is 2. The molecule has 2 heterocycles. The second-order valence-corrected chi connectivity index (χ2v) is 4.95. The van der Waals surface area contributed by atoms with E-state index in [1.165, 1.54) is 0 Å². The van der Waals surface area contributed by atoms with Gasteiger partial charge >= 0.3 is 5.97 Å². The van der Waals surface area contributed by atoms with Gasteiger partial charge in [-0.25, -0.2) is 9.78 Å². The van der Waals surface area contributed by atoms with Crippen LogP contribution in [0, 0.1) is 6.92 Å². The summed E-state index contributed by atoms with van der Waals surface area (Å²) < 4.78 is 5.71. The number of carboxylic acids is 1. The van der Waals surface area contributed by atoms with Crippen molar-refractivity contribution >= 4 is 17.5 Å². The number of hydrogen-bond acceptors (Lipinski definition) is 4. The minimum Gasteiger partial charge on any atom is -0.491 e. The Morgan fingerprint density at radius 1 is 1.33 bits per heavy atom. The molecule has 1 N–H and O–H groups in total. The Morgan fingerprint density at radius 3 is 2.95 bits per heavy atom. The molecule has 1 aliphatic heterocycles. The highest BCUT2D eigenvalue weighted by molar-refractivity contribution is 5.96. The standard InChI is InChI=1S/C16H16N2O3/c1-11-7-8-17-15(14(11)16(19)20)18-9-4-10-21-13-6-3-2-5-12(13)18/h2-3,5-8H,4,9-10H2,1H3,(H,19,20). The molecule has 0 atom stereocenters. The molecule has 0 aliphatic carbocycles. The van der Waals surface area contributed by atoms with Gasteiger partial charge in [0.2, 0.25) is 0 Å². The summed E-state index contributed by atoms with van der Waals surface area (Å²) in [6.45, 7) is 3.07. The lowest BCUT2D eigenvalue weighted by Gasteiger charge is -2.24. The molecule has 0 radical (unpaired) electrons. The van der Waals surface area contributed by atoms with Crippen LogP contribution in [0.15, 0.2) is 36.5 Å². The maximum Gasteiger partial charge on any atom is 0.339 e. The molecule has 108 valence electrons. The number of pyridine rings is 1. The van der Waals surface area contributed by atoms with Crippen molar-refractivity contribution in [2.45, 2.75) is 13.3 Å². The van der Waals surface area contributed by atoms with Gasteiger partial charge < -0.3 is 14.7 Å². The summed E-state index contributed by atoms with van der Waals surface area (Å²) in [6.07, 6.45) is 2.45. The van der Waals surface area contributed by atoms with Gasteiger partial charge in [0, 0.05) is 12.7 Å². The fraction of sp³-hybridized carbons (Fsp3) is 0.250. The van der Waals surface area contributed by atoms with Crippen molar-refractivity contribution < 1.29 is 14.6 Å². The van der Waals surface area contributed by atoms with Crippen molar-refractivity contribution in [1.29, 1.82) is 0 Å². The van der Waals surface area contributed by atoms with Gasteiger partial charge in [-0.1, -0.05) is 12.1 Å². The number of carbonyl (C=O) groups is 1. The molecule has 0 bridgehead atoms. The molecule has 0 amide bonds. The number of benzene rings is 1. The molecule has 2 aromatic rings. The number of para-hydroxylation sites is 2. The SMILES string of the molecule is Cc1ccnc(N2CCCOc3ccccc32)c1C(=O)O. The van der Waals surface area contributed by atoms with Crippen molar-refractivity contribution in [3.63, 3.8) is 0 Å². The van der Waals surface area contributed by atoms with Gasteiger partial charge in [0.25, 0.3) is 0 Å². The Bertz CT molecular complexity index is 685. The van der Waals surface area contributed by atoms with Crippen LogP contribution in [-0.4, -0.2) is 29.2 Å². The second kappa shape index (κ2) is 5.44. The molecule has 0 fully saturated rings. The first-order valence-electron chi connectivity index (χ1n) is 6.87. The molecule has 1 aliphatic rings. The van der Waals surface area contributed by atoms with Crippen LogP contribution in [0.5, 0.6) is 5.75 Å². The quantitative estimate of drug-likeness (QED) is 0.918. The molecule has 5 heteroatoms. The van der Waals surface area contributed by atoms with Crippen LogP contribution in [0.1, 0.15) is 22.3 Å². The average Bonchev–Trinajstić information content (AvgIpc) is 2.68. The summed E-state index contributed by atoms with van der Waals surface area (Å²) in [5.74, 6) is 0.272. The number of carboxylic acid groups (broad SMARTS) is 1. The van der Waals surface area contributed by atoms with Crippen LogP contribution in [0.3, 0.4) is 0 Å². The number of fused-ring (bicyclic) bond motifs is 1. The highest BCUT2D eigenvalue weighted by Crippen LogP contribution is 2.36. The van der Waals surface area contributed by atoms with Crippen molar-refractivity contribution in [3.8, 4) is 5.75 Å². The van der Waals surface area contributed by atoms with E-state index in [-0.39, 0.29) is 5.56 Å². The zero-order valence-corrected chi connectivity index (χ0v) is 11.7. The predicted molar refractivity (Wildman–Crippen MR) is 79.5 cm³/mol. The monoisotopic (exact) mass is 284 g/mol. The molecule has 5 nitrogen and oxygen atoms in total. The molecule has 0 saturated carbocycles. The Balaban J connectivity index is 2.17. The van der Waals surface area contributed by atoms with E-state index in [4.69, 9.17) is 4.74 Å². The maximum atomic E-state index is 11.6. The Hall–Kier alpha value is -2.56. The lowest BCUT2D eigenvalue weighted by Crippen LogP contribution is -2.22. The van der Waals surface area contributed by atoms with Crippen LogP contribution >= 0.6 is 0 Å². The van der Waals surface area contributed by atoms with Crippen molar-refractivity contribution in [2.24, 2.45) is 0 Å². The van der Waals surface area contributed by atoms with Crippen LogP contribution in [0.2, 0.25) is 0 Å². The number of aromatic carboxylic acids is 1. The lowest BCUT2D eigenvalue weighted by atomic mass is 10.1. The Kier molecular flexibility index (Phi) is 3.48. The number of ether oxygens (including phenoxy) is 1. The molecule has 3 rings (SSSR count). The van der Waals surface area contributed by atoms with E-state index >= 15 is 0 Å². The molecule has 21 heavy (non-hydrogen) atoms. The first kappa shape index (κ1) is 13.4. The summed E-state index contributed by atoms with van der Waals surface area (Å²) in [6, 6.07) is 9.36. The van der Waals surface area contributed by atoms with E-state index in [2.05, 4.69) is 4.98 Å². The molecular formula is C16H16N2O3. The van der Waals surface area contributed by atoms with Crippen LogP contribution < -0.4 is 9.64 Å². The predicted octanol–water partition coefficient (Wildman–Crippen LogP) is 3.01. The second-order valence-electron chi connectivity index (χ2n) is 4.95. The number of aryl methyl sites for hydroxylation is 1. The zero-order valence-electron chi connectivity index (χ0n) is 11.7. The molecule has 0 unspecified atom stereocenters. The van der Waals surface area contributed by atoms with Crippen LogP contribution in [0.25, 0.3) is 0 Å². The minimum absolute atomic E-state index is 0.245. The highest BCUT2D eigenvalue weighted by atomic mass is 16.5. The van der Waals surface area contributed by atoms with Crippen LogP contribution in [-0.2, 0) is 0 Å². The number of rotatable bonds is 2. The smallest absolute Gasteiger partial charge is 0.339 e. The fourth-order valence-corrected chi connectivity index (χ4v) is 2.56. The molecular weight excluding hydrogens is 268 g/mol. The van der Waals surface area contributed by atoms with Gasteiger partial charge in [-0.05, 0) is 37.1 Å². The van der Waals surface area contributed by atoms with E-state index < -0.39 is 5.97 Å². The minimum atomic E-state index is -0.960. The van der Waals surface area contributed by atoms with Gasteiger partial charge in [-0.15, -0.1) is 0 Å². The maximum absolute atomic E-state index is 11.6. The van der Waals surface area contributed by atoms with Gasteiger partial charge in [0.05, 0.1) is 12.3 Å². The third-order valence-corrected chi connectivity index (χ3v) is 3.55. The van der Waals surface area contributed by atoms with Crippen molar-refractivity contribution in [1.82, 2.24) is 4.98 Å². The fourth-order valence-electron chi connectivity index (χ4n) is 2.56. The van der Waals surface area contributed by atoms with Gasteiger partial charge in [-0.2, -0.15) is 0 Å². The molecule has 1 aromatic carbocycles. The van der Waals surface area contributed by atoms with E-state index in [0.717, 1.165) is 17.9 Å². The largest absolute Gasteiger partial charge is 0.491 e. The van der Waals surface area contributed by atoms with Crippen molar-refractivity contribution in [3.05, 3.63) is 47.7 Å². The number of aromatic nitrogens is 1. The van der Waals surface area contributed by atoms with E-state index in [1.54, 1.807) is 19.2 Å². The van der Waals surface area contributed by atoms with Gasteiger partial charge in [0.1, 0.15) is 17.1 Å². The topological polar surface area (TPSA) is 62.7 Å². The third-order valence-electron chi connectivity index (χ3n) is 3.55. The summed E-state index contributed by atoms with van der Waals surface area (Å²) >= 11 is 0. The van der Waals surface area contributed by atoms with Crippen molar-refractivity contribution in [2.75, 3.05) is 18.1 Å².